The smallest absolute Gasteiger partial charge is 0.227 e. The quantitative estimate of drug-likeness (QED) is 0.440. The van der Waals surface area contributed by atoms with E-state index in [-0.39, 0.29) is 11.8 Å². The lowest BCUT2D eigenvalue weighted by molar-refractivity contribution is -0.116. The highest BCUT2D eigenvalue weighted by atomic mass is 32.1. The maximum Gasteiger partial charge on any atom is 0.227 e. The summed E-state index contributed by atoms with van der Waals surface area (Å²) in [7, 11) is 0. The van der Waals surface area contributed by atoms with Crippen molar-refractivity contribution >= 4 is 32.6 Å². The number of nitrogens with one attached hydrogen (secondary N) is 1. The van der Waals surface area contributed by atoms with Gasteiger partial charge in [0.2, 0.25) is 5.91 Å². The summed E-state index contributed by atoms with van der Waals surface area (Å²) in [5, 5.41) is 3.69. The normalized spacial score (nSPS) is 11.1. The van der Waals surface area contributed by atoms with Crippen LogP contribution in [0.2, 0.25) is 0 Å². The Balaban J connectivity index is 1.57. The number of hydrogen-bond donors (Lipinski definition) is 1. The number of para-hydroxylation sites is 1. The molecule has 0 unspecified atom stereocenters. The number of carbonyl (C=O) groups is 1. The molecule has 4 heteroatoms. The van der Waals surface area contributed by atoms with E-state index < -0.39 is 0 Å². The predicted molar refractivity (Wildman–Crippen MR) is 117 cm³/mol. The molecule has 0 radical (unpaired) electrons. The van der Waals surface area contributed by atoms with Gasteiger partial charge in [0.25, 0.3) is 0 Å². The first-order chi connectivity index (χ1) is 13.7. The highest BCUT2D eigenvalue weighted by molar-refractivity contribution is 7.22. The van der Waals surface area contributed by atoms with Gasteiger partial charge in [-0.1, -0.05) is 91.1 Å². The van der Waals surface area contributed by atoms with Crippen LogP contribution in [-0.4, -0.2) is 10.9 Å². The van der Waals surface area contributed by atoms with Gasteiger partial charge in [-0.2, -0.15) is 0 Å². The van der Waals surface area contributed by atoms with Crippen LogP contribution in [0.25, 0.3) is 10.2 Å². The zero-order valence-electron chi connectivity index (χ0n) is 15.8. The molecule has 4 rings (SSSR count). The van der Waals surface area contributed by atoms with Gasteiger partial charge in [0.15, 0.2) is 5.13 Å². The van der Waals surface area contributed by atoms with Crippen LogP contribution in [0.1, 0.15) is 36.0 Å². The number of rotatable bonds is 6. The number of nitrogens with zero attached hydrogens (tertiary/aromatic N) is 1. The molecule has 1 heterocycles. The molecule has 0 saturated heterocycles. The highest BCUT2D eigenvalue weighted by Crippen LogP contribution is 2.31. The Labute approximate surface area is 169 Å². The number of benzene rings is 3. The number of fused-ring (bicyclic) bond motifs is 1. The summed E-state index contributed by atoms with van der Waals surface area (Å²) in [4.78, 5) is 17.5. The van der Waals surface area contributed by atoms with Crippen molar-refractivity contribution < 1.29 is 4.79 Å². The summed E-state index contributed by atoms with van der Waals surface area (Å²) in [5.41, 5.74) is 4.48. The van der Waals surface area contributed by atoms with E-state index >= 15 is 0 Å². The van der Waals surface area contributed by atoms with Crippen LogP contribution >= 0.6 is 11.3 Å². The van der Waals surface area contributed by atoms with E-state index in [4.69, 9.17) is 0 Å². The third-order valence-electron chi connectivity index (χ3n) is 4.92. The maximum atomic E-state index is 12.9. The first kappa shape index (κ1) is 18.4. The average Bonchev–Trinajstić information content (AvgIpc) is 3.15. The molecule has 1 amide bonds. The Morgan fingerprint density at radius 1 is 0.929 bits per heavy atom. The number of thiazole rings is 1. The second-order valence-corrected chi connectivity index (χ2v) is 7.79. The zero-order chi connectivity index (χ0) is 19.3. The van der Waals surface area contributed by atoms with Crippen LogP contribution in [0.5, 0.6) is 0 Å². The van der Waals surface area contributed by atoms with E-state index in [2.05, 4.69) is 53.6 Å². The van der Waals surface area contributed by atoms with Gasteiger partial charge in [0.1, 0.15) is 0 Å². The molecule has 0 bridgehead atoms. The van der Waals surface area contributed by atoms with Crippen molar-refractivity contribution in [2.45, 2.75) is 25.7 Å². The van der Waals surface area contributed by atoms with E-state index in [1.54, 1.807) is 0 Å². The van der Waals surface area contributed by atoms with Crippen LogP contribution in [-0.2, 0) is 11.2 Å². The summed E-state index contributed by atoms with van der Waals surface area (Å²) in [5.74, 6) is -0.00204. The summed E-state index contributed by atoms with van der Waals surface area (Å²) in [6.45, 7) is 2.12. The summed E-state index contributed by atoms with van der Waals surface area (Å²) in [6.07, 6.45) is 1.31. The summed E-state index contributed by atoms with van der Waals surface area (Å²) in [6, 6.07) is 26.6. The lowest BCUT2D eigenvalue weighted by Crippen LogP contribution is -2.16. The van der Waals surface area contributed by atoms with Gasteiger partial charge in [0.05, 0.1) is 10.2 Å². The van der Waals surface area contributed by atoms with Crippen molar-refractivity contribution in [1.29, 1.82) is 0 Å². The molecule has 3 aromatic carbocycles. The molecule has 0 aliphatic carbocycles. The van der Waals surface area contributed by atoms with Crippen LogP contribution in [0.15, 0.2) is 78.9 Å². The summed E-state index contributed by atoms with van der Waals surface area (Å²) >= 11 is 1.53. The second-order valence-electron chi connectivity index (χ2n) is 6.76. The minimum absolute atomic E-state index is 0.0166. The molecule has 0 aliphatic rings. The van der Waals surface area contributed by atoms with Crippen molar-refractivity contribution in [3.05, 3.63) is 95.6 Å². The molecular formula is C24H22N2OS. The van der Waals surface area contributed by atoms with E-state index in [1.165, 1.54) is 16.9 Å². The first-order valence-electron chi connectivity index (χ1n) is 9.52. The van der Waals surface area contributed by atoms with Crippen molar-refractivity contribution in [3.8, 4) is 0 Å². The lowest BCUT2D eigenvalue weighted by atomic mass is 9.88. The first-order valence-corrected chi connectivity index (χ1v) is 10.3. The van der Waals surface area contributed by atoms with Crippen molar-refractivity contribution in [2.24, 2.45) is 0 Å². The predicted octanol–water partition coefficient (Wildman–Crippen LogP) is 6.02. The molecule has 1 aromatic heterocycles. The molecule has 3 nitrogen and oxygen atoms in total. The SMILES string of the molecule is CCc1cccc2sc(NC(=O)CC(c3ccccc3)c3ccccc3)nc12. The lowest BCUT2D eigenvalue weighted by Gasteiger charge is -2.17. The number of anilines is 1. The molecule has 1 N–H and O–H groups in total. The van der Waals surface area contributed by atoms with E-state index in [0.717, 1.165) is 27.8 Å². The number of aryl methyl sites for hydroxylation is 1. The minimum Gasteiger partial charge on any atom is -0.302 e. The van der Waals surface area contributed by atoms with Crippen LogP contribution in [0.4, 0.5) is 5.13 Å². The Kier molecular flexibility index (Phi) is 5.49. The molecule has 0 atom stereocenters. The number of amides is 1. The van der Waals surface area contributed by atoms with Gasteiger partial charge >= 0.3 is 0 Å². The highest BCUT2D eigenvalue weighted by Gasteiger charge is 2.19. The van der Waals surface area contributed by atoms with Gasteiger partial charge in [-0.05, 0) is 29.2 Å². The maximum absolute atomic E-state index is 12.9. The fraction of sp³-hybridized carbons (Fsp3) is 0.167. The monoisotopic (exact) mass is 386 g/mol. The Bertz CT molecular complexity index is 1030. The Morgan fingerprint density at radius 3 is 2.18 bits per heavy atom. The molecule has 0 saturated carbocycles. The minimum atomic E-state index is -0.0187. The molecule has 0 spiro atoms. The largest absolute Gasteiger partial charge is 0.302 e. The van der Waals surface area contributed by atoms with Crippen molar-refractivity contribution in [1.82, 2.24) is 4.98 Å². The van der Waals surface area contributed by atoms with Gasteiger partial charge in [-0.3, -0.25) is 4.79 Å². The third kappa shape index (κ3) is 3.97. The Hall–Kier alpha value is -2.98. The second kappa shape index (κ2) is 8.36. The molecular weight excluding hydrogens is 364 g/mol. The van der Waals surface area contributed by atoms with Crippen LogP contribution < -0.4 is 5.32 Å². The molecule has 28 heavy (non-hydrogen) atoms. The third-order valence-corrected chi connectivity index (χ3v) is 5.86. The molecule has 140 valence electrons. The van der Waals surface area contributed by atoms with Gasteiger partial charge in [0, 0.05) is 12.3 Å². The molecule has 0 aliphatic heterocycles. The Morgan fingerprint density at radius 2 is 1.57 bits per heavy atom. The van der Waals surface area contributed by atoms with Crippen LogP contribution in [0, 0.1) is 0 Å². The van der Waals surface area contributed by atoms with Crippen LogP contribution in [0.3, 0.4) is 0 Å². The number of carbonyl (C=O) groups excluding carboxylic acids is 1. The van der Waals surface area contributed by atoms with Gasteiger partial charge in [-0.15, -0.1) is 0 Å². The fourth-order valence-electron chi connectivity index (χ4n) is 3.50. The number of aromatic nitrogens is 1. The average molecular weight is 387 g/mol. The number of hydrogen-bond acceptors (Lipinski definition) is 3. The van der Waals surface area contributed by atoms with Gasteiger partial charge < -0.3 is 5.32 Å². The van der Waals surface area contributed by atoms with E-state index in [9.17, 15) is 4.79 Å². The van der Waals surface area contributed by atoms with Crippen molar-refractivity contribution in [2.75, 3.05) is 5.32 Å². The zero-order valence-corrected chi connectivity index (χ0v) is 16.6. The molecule has 0 fully saturated rings. The summed E-state index contributed by atoms with van der Waals surface area (Å²) < 4.78 is 1.11. The topological polar surface area (TPSA) is 42.0 Å². The molecule has 4 aromatic rings. The fourth-order valence-corrected chi connectivity index (χ4v) is 4.43. The van der Waals surface area contributed by atoms with Gasteiger partial charge in [-0.25, -0.2) is 4.98 Å². The van der Waals surface area contributed by atoms with E-state index in [1.807, 2.05) is 42.5 Å². The van der Waals surface area contributed by atoms with E-state index in [0.29, 0.717) is 11.6 Å². The van der Waals surface area contributed by atoms with Crippen molar-refractivity contribution in [3.63, 3.8) is 0 Å². The standard InChI is InChI=1S/C24H22N2OS/c1-2-17-14-9-15-21-23(17)26-24(28-21)25-22(27)16-20(18-10-5-3-6-11-18)19-12-7-4-8-13-19/h3-15,20H,2,16H2,1H3,(H,25,26,27).